The fourth-order valence-electron chi connectivity index (χ4n) is 5.15. The van der Waals surface area contributed by atoms with E-state index in [-0.39, 0.29) is 23.8 Å². The Morgan fingerprint density at radius 2 is 0.882 bits per heavy atom. The molecule has 1 rings (SSSR count). The summed E-state index contributed by atoms with van der Waals surface area (Å²) in [5.74, 6) is 2.62. The zero-order valence-electron chi connectivity index (χ0n) is 23.4. The first-order valence-corrected chi connectivity index (χ1v) is 14.6. The standard InChI is InChI=1S/C30H56O4/c1-7-9-13-23(3)25(5)15-11-21-33-29(31)27-17-19-28(20-18-27)30(32)34-22-12-16-26(6)24(4)14-10-8-2/h23-28H,7-22H2,1-6H3. The average molecular weight is 481 g/mol. The van der Waals surface area contributed by atoms with Crippen molar-refractivity contribution in [1.82, 2.24) is 0 Å². The van der Waals surface area contributed by atoms with Crippen molar-refractivity contribution in [3.63, 3.8) is 0 Å². The maximum absolute atomic E-state index is 12.5. The van der Waals surface area contributed by atoms with Crippen LogP contribution in [0.15, 0.2) is 0 Å². The molecule has 0 bridgehead atoms. The second-order valence-corrected chi connectivity index (χ2v) is 11.4. The topological polar surface area (TPSA) is 52.6 Å². The van der Waals surface area contributed by atoms with E-state index in [2.05, 4.69) is 41.5 Å². The number of hydrogen-bond donors (Lipinski definition) is 0. The fourth-order valence-corrected chi connectivity index (χ4v) is 5.15. The predicted molar refractivity (Wildman–Crippen MR) is 142 cm³/mol. The number of carbonyl (C=O) groups excluding carboxylic acids is 2. The minimum absolute atomic E-state index is 0.0459. The Morgan fingerprint density at radius 1 is 0.588 bits per heavy atom. The van der Waals surface area contributed by atoms with Crippen molar-refractivity contribution in [1.29, 1.82) is 0 Å². The molecule has 4 atom stereocenters. The third-order valence-electron chi connectivity index (χ3n) is 8.46. The number of unbranched alkanes of at least 4 members (excludes halogenated alkanes) is 2. The van der Waals surface area contributed by atoms with Crippen molar-refractivity contribution in [2.75, 3.05) is 13.2 Å². The second-order valence-electron chi connectivity index (χ2n) is 11.4. The van der Waals surface area contributed by atoms with Gasteiger partial charge in [0.2, 0.25) is 0 Å². The molecule has 0 aromatic rings. The van der Waals surface area contributed by atoms with Gasteiger partial charge in [0.15, 0.2) is 0 Å². The maximum atomic E-state index is 12.5. The lowest BCUT2D eigenvalue weighted by Crippen LogP contribution is -2.28. The van der Waals surface area contributed by atoms with Crippen LogP contribution in [0, 0.1) is 35.5 Å². The normalized spacial score (nSPS) is 21.9. The average Bonchev–Trinajstić information content (AvgIpc) is 2.85. The maximum Gasteiger partial charge on any atom is 0.308 e. The summed E-state index contributed by atoms with van der Waals surface area (Å²) in [6.45, 7) is 14.9. The zero-order valence-corrected chi connectivity index (χ0v) is 23.4. The predicted octanol–water partition coefficient (Wildman–Crippen LogP) is 8.36. The van der Waals surface area contributed by atoms with Crippen LogP contribution in [0.25, 0.3) is 0 Å². The van der Waals surface area contributed by atoms with Gasteiger partial charge in [-0.15, -0.1) is 0 Å². The van der Waals surface area contributed by atoms with E-state index in [1.165, 1.54) is 38.5 Å². The number of rotatable bonds is 18. The first kappa shape index (κ1) is 31.0. The number of esters is 2. The van der Waals surface area contributed by atoms with Crippen molar-refractivity contribution in [2.24, 2.45) is 35.5 Å². The van der Waals surface area contributed by atoms with Gasteiger partial charge in [0.05, 0.1) is 25.0 Å². The van der Waals surface area contributed by atoms with E-state index in [4.69, 9.17) is 9.47 Å². The fraction of sp³-hybridized carbons (Fsp3) is 0.933. The van der Waals surface area contributed by atoms with Crippen LogP contribution >= 0.6 is 0 Å². The molecule has 4 unspecified atom stereocenters. The van der Waals surface area contributed by atoms with Gasteiger partial charge >= 0.3 is 11.9 Å². The molecule has 0 radical (unpaired) electrons. The molecule has 0 spiro atoms. The molecule has 1 saturated carbocycles. The molecule has 4 heteroatoms. The Hall–Kier alpha value is -1.06. The van der Waals surface area contributed by atoms with Gasteiger partial charge in [-0.2, -0.15) is 0 Å². The highest BCUT2D eigenvalue weighted by Gasteiger charge is 2.31. The summed E-state index contributed by atoms with van der Waals surface area (Å²) in [5.41, 5.74) is 0. The SMILES string of the molecule is CCCCC(C)C(C)CCCOC(=O)C1CCC(C(=O)OCCCC(C)C(C)CCCC)CC1. The van der Waals surface area contributed by atoms with Crippen LogP contribution in [-0.2, 0) is 19.1 Å². The van der Waals surface area contributed by atoms with Gasteiger partial charge < -0.3 is 9.47 Å². The summed E-state index contributed by atoms with van der Waals surface area (Å²) in [6, 6.07) is 0. The second kappa shape index (κ2) is 18.2. The van der Waals surface area contributed by atoms with Crippen molar-refractivity contribution in [3.8, 4) is 0 Å². The van der Waals surface area contributed by atoms with Crippen LogP contribution in [-0.4, -0.2) is 25.2 Å². The first-order valence-electron chi connectivity index (χ1n) is 14.6. The van der Waals surface area contributed by atoms with Crippen LogP contribution in [0.5, 0.6) is 0 Å². The quantitative estimate of drug-likeness (QED) is 0.146. The molecule has 0 heterocycles. The number of hydrogen-bond acceptors (Lipinski definition) is 4. The third kappa shape index (κ3) is 12.6. The van der Waals surface area contributed by atoms with Crippen LogP contribution in [0.2, 0.25) is 0 Å². The van der Waals surface area contributed by atoms with Crippen molar-refractivity contribution >= 4 is 11.9 Å². The van der Waals surface area contributed by atoms with Crippen LogP contribution in [0.1, 0.15) is 131 Å². The lowest BCUT2D eigenvalue weighted by molar-refractivity contribution is -0.155. The van der Waals surface area contributed by atoms with Crippen molar-refractivity contribution in [3.05, 3.63) is 0 Å². The van der Waals surface area contributed by atoms with Crippen LogP contribution < -0.4 is 0 Å². The molecule has 0 aromatic heterocycles. The Balaban J connectivity index is 2.15. The molecule has 200 valence electrons. The molecular weight excluding hydrogens is 424 g/mol. The summed E-state index contributed by atoms with van der Waals surface area (Å²) in [5, 5.41) is 0. The highest BCUT2D eigenvalue weighted by atomic mass is 16.5. The molecule has 0 aliphatic heterocycles. The number of carbonyl (C=O) groups is 2. The molecular formula is C30H56O4. The summed E-state index contributed by atoms with van der Waals surface area (Å²) < 4.78 is 11.2. The van der Waals surface area contributed by atoms with E-state index < -0.39 is 0 Å². The minimum Gasteiger partial charge on any atom is -0.465 e. The zero-order chi connectivity index (χ0) is 25.3. The van der Waals surface area contributed by atoms with Crippen LogP contribution in [0.3, 0.4) is 0 Å². The molecule has 0 saturated heterocycles. The molecule has 0 amide bonds. The summed E-state index contributed by atoms with van der Waals surface area (Å²) in [6.07, 6.45) is 14.8. The van der Waals surface area contributed by atoms with E-state index in [0.29, 0.717) is 25.0 Å². The first-order chi connectivity index (χ1) is 16.3. The monoisotopic (exact) mass is 480 g/mol. The van der Waals surface area contributed by atoms with E-state index in [1.54, 1.807) is 0 Å². The van der Waals surface area contributed by atoms with Gasteiger partial charge in [0, 0.05) is 0 Å². The molecule has 1 aliphatic carbocycles. The van der Waals surface area contributed by atoms with Gasteiger partial charge in [-0.1, -0.05) is 80.1 Å². The van der Waals surface area contributed by atoms with Gasteiger partial charge in [0.25, 0.3) is 0 Å². The van der Waals surface area contributed by atoms with E-state index in [9.17, 15) is 9.59 Å². The van der Waals surface area contributed by atoms with E-state index in [0.717, 1.165) is 63.2 Å². The van der Waals surface area contributed by atoms with E-state index in [1.807, 2.05) is 0 Å². The Kier molecular flexibility index (Phi) is 16.6. The Labute approximate surface area is 211 Å². The smallest absolute Gasteiger partial charge is 0.308 e. The largest absolute Gasteiger partial charge is 0.465 e. The molecule has 1 fully saturated rings. The summed E-state index contributed by atoms with van der Waals surface area (Å²) >= 11 is 0. The Bertz CT molecular complexity index is 490. The number of ether oxygens (including phenoxy) is 2. The van der Waals surface area contributed by atoms with Crippen molar-refractivity contribution < 1.29 is 19.1 Å². The lowest BCUT2D eigenvalue weighted by Gasteiger charge is -2.26. The van der Waals surface area contributed by atoms with Gasteiger partial charge in [-0.25, -0.2) is 0 Å². The van der Waals surface area contributed by atoms with Crippen LogP contribution in [0.4, 0.5) is 0 Å². The highest BCUT2D eigenvalue weighted by Crippen LogP contribution is 2.31. The van der Waals surface area contributed by atoms with E-state index >= 15 is 0 Å². The minimum atomic E-state index is -0.0651. The van der Waals surface area contributed by atoms with Gasteiger partial charge in [0.1, 0.15) is 0 Å². The lowest BCUT2D eigenvalue weighted by atomic mass is 9.82. The Morgan fingerprint density at radius 3 is 1.18 bits per heavy atom. The molecule has 4 nitrogen and oxygen atoms in total. The molecule has 34 heavy (non-hydrogen) atoms. The molecule has 0 N–H and O–H groups in total. The molecule has 1 aliphatic rings. The summed E-state index contributed by atoms with van der Waals surface area (Å²) in [7, 11) is 0. The highest BCUT2D eigenvalue weighted by molar-refractivity contribution is 5.75. The van der Waals surface area contributed by atoms with Crippen molar-refractivity contribution in [2.45, 2.75) is 131 Å². The molecule has 0 aromatic carbocycles. The third-order valence-corrected chi connectivity index (χ3v) is 8.46. The summed E-state index contributed by atoms with van der Waals surface area (Å²) in [4.78, 5) is 24.9. The van der Waals surface area contributed by atoms with Gasteiger partial charge in [-0.05, 0) is 75.0 Å². The van der Waals surface area contributed by atoms with Gasteiger partial charge in [-0.3, -0.25) is 9.59 Å².